The van der Waals surface area contributed by atoms with Gasteiger partial charge in [0.1, 0.15) is 0 Å². The zero-order valence-corrected chi connectivity index (χ0v) is 23.3. The molecule has 11 heteroatoms. The number of hydrogen-bond acceptors (Lipinski definition) is 6. The highest BCUT2D eigenvalue weighted by Gasteiger charge is 2.53. The number of aromatic nitrogens is 1. The lowest BCUT2D eigenvalue weighted by atomic mass is 9.74. The monoisotopic (exact) mass is 566 g/mol. The third-order valence-corrected chi connectivity index (χ3v) is 10.7. The lowest BCUT2D eigenvalue weighted by molar-refractivity contribution is -0.117. The molecule has 2 saturated heterocycles. The lowest BCUT2D eigenvalue weighted by Crippen LogP contribution is -2.45. The number of nitrogens with one attached hydrogen (secondary N) is 1. The molecule has 0 aliphatic carbocycles. The summed E-state index contributed by atoms with van der Waals surface area (Å²) in [5.74, 6) is -0.104. The molecule has 0 unspecified atom stereocenters. The van der Waals surface area contributed by atoms with E-state index in [1.807, 2.05) is 26.0 Å². The van der Waals surface area contributed by atoms with Crippen molar-refractivity contribution in [1.82, 2.24) is 14.2 Å². The maximum Gasteiger partial charge on any atom is 0.243 e. The molecule has 0 saturated carbocycles. The van der Waals surface area contributed by atoms with E-state index in [4.69, 9.17) is 23.2 Å². The standard InChI is InChI=1S/C25H28Cl2N4O3S2/c1-24(2)15-25(16-31(24)36(33,34)19-5-3-4-17(26)12-19)8-10-30(11-9-25)14-22(32)29-23-28-20-7-6-18(27)13-21(20)35-23/h3-7,12-13H,8-11,14-16H2,1-2H3,(H,28,29,32). The van der Waals surface area contributed by atoms with Gasteiger partial charge in [0.05, 0.1) is 21.7 Å². The summed E-state index contributed by atoms with van der Waals surface area (Å²) in [5.41, 5.74) is 0.200. The van der Waals surface area contributed by atoms with Crippen molar-refractivity contribution in [3.63, 3.8) is 0 Å². The smallest absolute Gasteiger partial charge is 0.243 e. The Morgan fingerprint density at radius 1 is 1.11 bits per heavy atom. The van der Waals surface area contributed by atoms with Gasteiger partial charge in [-0.1, -0.05) is 40.6 Å². The van der Waals surface area contributed by atoms with Gasteiger partial charge in [0.15, 0.2) is 5.13 Å². The van der Waals surface area contributed by atoms with Crippen LogP contribution < -0.4 is 5.32 Å². The second-order valence-corrected chi connectivity index (χ2v) is 14.2. The van der Waals surface area contributed by atoms with E-state index in [1.165, 1.54) is 17.4 Å². The predicted molar refractivity (Wildman–Crippen MR) is 145 cm³/mol. The van der Waals surface area contributed by atoms with Crippen LogP contribution in [0.2, 0.25) is 10.0 Å². The van der Waals surface area contributed by atoms with Crippen LogP contribution in [0.5, 0.6) is 0 Å². The number of halogens is 2. The second kappa shape index (κ2) is 9.53. The molecule has 3 heterocycles. The zero-order valence-electron chi connectivity index (χ0n) is 20.1. The Labute approximate surface area is 225 Å². The molecule has 1 aromatic heterocycles. The van der Waals surface area contributed by atoms with E-state index in [-0.39, 0.29) is 22.8 Å². The van der Waals surface area contributed by atoms with E-state index >= 15 is 0 Å². The van der Waals surface area contributed by atoms with Gasteiger partial charge >= 0.3 is 0 Å². The number of amides is 1. The maximum absolute atomic E-state index is 13.5. The van der Waals surface area contributed by atoms with Crippen molar-refractivity contribution in [2.24, 2.45) is 5.41 Å². The van der Waals surface area contributed by atoms with Gasteiger partial charge in [0, 0.05) is 22.1 Å². The Bertz CT molecular complexity index is 1420. The third-order valence-electron chi connectivity index (χ3n) is 7.23. The molecule has 2 aliphatic rings. The van der Waals surface area contributed by atoms with E-state index in [2.05, 4.69) is 15.2 Å². The first-order valence-corrected chi connectivity index (χ1v) is 14.8. The number of likely N-dealkylation sites (tertiary alicyclic amines) is 1. The van der Waals surface area contributed by atoms with Crippen molar-refractivity contribution in [1.29, 1.82) is 0 Å². The maximum atomic E-state index is 13.5. The number of hydrogen-bond donors (Lipinski definition) is 1. The van der Waals surface area contributed by atoms with E-state index in [0.29, 0.717) is 21.7 Å². The van der Waals surface area contributed by atoms with E-state index < -0.39 is 15.6 Å². The van der Waals surface area contributed by atoms with Gasteiger partial charge in [0.25, 0.3) is 0 Å². The van der Waals surface area contributed by atoms with Crippen LogP contribution in [0.3, 0.4) is 0 Å². The molecular formula is C25H28Cl2N4O3S2. The number of benzene rings is 2. The number of carbonyl (C=O) groups is 1. The Kier molecular flexibility index (Phi) is 6.85. The van der Waals surface area contributed by atoms with Gasteiger partial charge in [-0.15, -0.1) is 0 Å². The summed E-state index contributed by atoms with van der Waals surface area (Å²) >= 11 is 13.5. The first-order valence-electron chi connectivity index (χ1n) is 11.8. The zero-order chi connectivity index (χ0) is 25.7. The predicted octanol–water partition coefficient (Wildman–Crippen LogP) is 5.50. The fraction of sp³-hybridized carbons (Fsp3) is 0.440. The van der Waals surface area contributed by atoms with E-state index in [0.717, 1.165) is 42.6 Å². The fourth-order valence-electron chi connectivity index (χ4n) is 5.58. The van der Waals surface area contributed by atoms with Gasteiger partial charge in [-0.3, -0.25) is 9.69 Å². The van der Waals surface area contributed by atoms with Crippen molar-refractivity contribution < 1.29 is 13.2 Å². The molecule has 0 radical (unpaired) electrons. The topological polar surface area (TPSA) is 82.6 Å². The number of nitrogens with zero attached hydrogens (tertiary/aromatic N) is 3. The number of anilines is 1. The quantitative estimate of drug-likeness (QED) is 0.441. The minimum atomic E-state index is -3.67. The molecule has 2 aliphatic heterocycles. The molecular weight excluding hydrogens is 539 g/mol. The number of fused-ring (bicyclic) bond motifs is 1. The molecule has 0 atom stereocenters. The molecule has 2 fully saturated rings. The summed E-state index contributed by atoms with van der Waals surface area (Å²) in [6, 6.07) is 11.9. The highest BCUT2D eigenvalue weighted by molar-refractivity contribution is 7.89. The number of sulfonamides is 1. The number of thiazole rings is 1. The summed E-state index contributed by atoms with van der Waals surface area (Å²) in [7, 11) is -3.67. The minimum Gasteiger partial charge on any atom is -0.301 e. The Balaban J connectivity index is 1.21. The molecule has 1 N–H and O–H groups in total. The second-order valence-electron chi connectivity index (χ2n) is 10.4. The fourth-order valence-corrected chi connectivity index (χ4v) is 8.93. The number of piperidine rings is 1. The SMILES string of the molecule is CC1(C)CC2(CCN(CC(=O)Nc3nc4ccc(Cl)cc4s3)CC2)CN1S(=O)(=O)c1cccc(Cl)c1. The molecule has 0 bridgehead atoms. The summed E-state index contributed by atoms with van der Waals surface area (Å²) in [5, 5.41) is 4.51. The van der Waals surface area contributed by atoms with Crippen LogP contribution in [0.4, 0.5) is 5.13 Å². The molecule has 36 heavy (non-hydrogen) atoms. The van der Waals surface area contributed by atoms with Crippen LogP contribution in [-0.4, -0.2) is 60.2 Å². The van der Waals surface area contributed by atoms with Crippen LogP contribution in [0.1, 0.15) is 33.1 Å². The van der Waals surface area contributed by atoms with Crippen molar-refractivity contribution in [2.45, 2.75) is 43.5 Å². The summed E-state index contributed by atoms with van der Waals surface area (Å²) in [4.78, 5) is 19.5. The van der Waals surface area contributed by atoms with Crippen molar-refractivity contribution in [3.05, 3.63) is 52.5 Å². The van der Waals surface area contributed by atoms with Crippen LogP contribution in [0.25, 0.3) is 10.2 Å². The Morgan fingerprint density at radius 2 is 1.83 bits per heavy atom. The van der Waals surface area contributed by atoms with Gasteiger partial charge in [0.2, 0.25) is 15.9 Å². The van der Waals surface area contributed by atoms with Crippen molar-refractivity contribution in [3.8, 4) is 0 Å². The average molecular weight is 568 g/mol. The largest absolute Gasteiger partial charge is 0.301 e. The normalized spacial score (nSPS) is 20.2. The molecule has 2 aromatic carbocycles. The van der Waals surface area contributed by atoms with E-state index in [1.54, 1.807) is 28.6 Å². The van der Waals surface area contributed by atoms with Crippen LogP contribution >= 0.6 is 34.5 Å². The highest BCUT2D eigenvalue weighted by atomic mass is 35.5. The molecule has 1 amide bonds. The van der Waals surface area contributed by atoms with Crippen LogP contribution in [-0.2, 0) is 14.8 Å². The molecule has 192 valence electrons. The average Bonchev–Trinajstić information content (AvgIpc) is 3.32. The highest BCUT2D eigenvalue weighted by Crippen LogP contribution is 2.50. The summed E-state index contributed by atoms with van der Waals surface area (Å²) in [6.45, 7) is 6.22. The van der Waals surface area contributed by atoms with Crippen molar-refractivity contribution >= 4 is 65.8 Å². The van der Waals surface area contributed by atoms with E-state index in [9.17, 15) is 13.2 Å². The molecule has 7 nitrogen and oxygen atoms in total. The molecule has 1 spiro atoms. The summed E-state index contributed by atoms with van der Waals surface area (Å²) in [6.07, 6.45) is 2.46. The first-order chi connectivity index (χ1) is 17.0. The van der Waals surface area contributed by atoms with Gasteiger partial charge in [-0.25, -0.2) is 13.4 Å². The van der Waals surface area contributed by atoms with Gasteiger partial charge in [-0.2, -0.15) is 4.31 Å². The van der Waals surface area contributed by atoms with Crippen LogP contribution in [0, 0.1) is 5.41 Å². The van der Waals surface area contributed by atoms with Gasteiger partial charge < -0.3 is 5.32 Å². The Morgan fingerprint density at radius 3 is 2.56 bits per heavy atom. The van der Waals surface area contributed by atoms with Crippen molar-refractivity contribution in [2.75, 3.05) is 31.5 Å². The van der Waals surface area contributed by atoms with Gasteiger partial charge in [-0.05, 0) is 88.0 Å². The van der Waals surface area contributed by atoms with Crippen LogP contribution in [0.15, 0.2) is 47.4 Å². The third kappa shape index (κ3) is 5.14. The summed E-state index contributed by atoms with van der Waals surface area (Å²) < 4.78 is 29.5. The minimum absolute atomic E-state index is 0.103. The molecule has 5 rings (SSSR count). The number of carbonyl (C=O) groups excluding carboxylic acids is 1. The first kappa shape index (κ1) is 25.9. The molecule has 3 aromatic rings. The lowest BCUT2D eigenvalue weighted by Gasteiger charge is -2.39. The number of rotatable bonds is 5. The Hall–Kier alpha value is -1.75.